The number of hydrazone groups is 1. The van der Waals surface area contributed by atoms with Crippen molar-refractivity contribution in [1.82, 2.24) is 5.43 Å². The molecule has 0 fully saturated rings. The lowest BCUT2D eigenvalue weighted by Crippen LogP contribution is -2.20. The maximum Gasteiger partial charge on any atom is 0.427 e. The molecule has 1 rings (SSSR count). The van der Waals surface area contributed by atoms with Crippen molar-refractivity contribution in [2.24, 2.45) is 5.10 Å². The minimum Gasteiger partial charge on any atom is -0.460 e. The highest BCUT2D eigenvalue weighted by Gasteiger charge is 2.08. The molecule has 0 aliphatic rings. The molecule has 0 aliphatic carbocycles. The molecule has 0 bridgehead atoms. The lowest BCUT2D eigenvalue weighted by Gasteiger charge is -2.01. The van der Waals surface area contributed by atoms with Crippen LogP contribution in [0.25, 0.3) is 0 Å². The minimum atomic E-state index is -0.567. The first-order chi connectivity index (χ1) is 7.54. The van der Waals surface area contributed by atoms with Gasteiger partial charge in [0, 0.05) is 0 Å². The maximum absolute atomic E-state index is 11.0. The third kappa shape index (κ3) is 3.12. The van der Waals surface area contributed by atoms with Gasteiger partial charge in [-0.3, -0.25) is 0 Å². The van der Waals surface area contributed by atoms with Crippen LogP contribution in [0.15, 0.2) is 15.6 Å². The van der Waals surface area contributed by atoms with Gasteiger partial charge in [-0.2, -0.15) is 5.10 Å². The van der Waals surface area contributed by atoms with Gasteiger partial charge < -0.3 is 9.15 Å². The van der Waals surface area contributed by atoms with Crippen molar-refractivity contribution >= 4 is 11.8 Å². The number of nitrogens with one attached hydrogen (secondary N) is 1. The third-order valence-electron chi connectivity index (χ3n) is 1.96. The van der Waals surface area contributed by atoms with Gasteiger partial charge in [-0.15, -0.1) is 0 Å². The Kier molecular flexibility index (Phi) is 4.10. The lowest BCUT2D eigenvalue weighted by molar-refractivity contribution is 0.152. The van der Waals surface area contributed by atoms with Gasteiger partial charge in [-0.25, -0.2) is 10.2 Å². The summed E-state index contributed by atoms with van der Waals surface area (Å²) in [7, 11) is 0. The van der Waals surface area contributed by atoms with Crippen molar-refractivity contribution in [3.8, 4) is 0 Å². The van der Waals surface area contributed by atoms with Crippen molar-refractivity contribution in [2.75, 3.05) is 6.61 Å². The van der Waals surface area contributed by atoms with Crippen molar-refractivity contribution < 1.29 is 13.9 Å². The molecule has 0 atom stereocenters. The minimum absolute atomic E-state index is 0.319. The summed E-state index contributed by atoms with van der Waals surface area (Å²) in [6, 6.07) is 1.92. The van der Waals surface area contributed by atoms with Gasteiger partial charge in [0.15, 0.2) is 5.76 Å². The van der Waals surface area contributed by atoms with E-state index in [0.717, 1.165) is 11.3 Å². The Bertz CT molecular complexity index is 407. The van der Waals surface area contributed by atoms with Crippen LogP contribution in [0.4, 0.5) is 4.79 Å². The highest BCUT2D eigenvalue weighted by molar-refractivity contribution is 5.97. The molecule has 0 aromatic carbocycles. The largest absolute Gasteiger partial charge is 0.460 e. The second-order valence-corrected chi connectivity index (χ2v) is 3.40. The highest BCUT2D eigenvalue weighted by Crippen LogP contribution is 2.14. The monoisotopic (exact) mass is 224 g/mol. The molecule has 16 heavy (non-hydrogen) atoms. The Hall–Kier alpha value is -1.78. The number of ether oxygens (including phenoxy) is 1. The fourth-order valence-electron chi connectivity index (χ4n) is 1.34. The van der Waals surface area contributed by atoms with E-state index in [-0.39, 0.29) is 0 Å². The number of rotatable bonds is 3. The summed E-state index contributed by atoms with van der Waals surface area (Å²) in [4.78, 5) is 11.0. The zero-order valence-electron chi connectivity index (χ0n) is 9.96. The summed E-state index contributed by atoms with van der Waals surface area (Å²) in [5.41, 5.74) is 3.89. The second kappa shape index (κ2) is 5.34. The summed E-state index contributed by atoms with van der Waals surface area (Å²) in [6.45, 7) is 7.60. The van der Waals surface area contributed by atoms with Crippen molar-refractivity contribution in [3.63, 3.8) is 0 Å². The molecule has 1 aromatic rings. The number of furan rings is 1. The van der Waals surface area contributed by atoms with E-state index in [1.54, 1.807) is 13.8 Å². The van der Waals surface area contributed by atoms with E-state index < -0.39 is 6.09 Å². The molecule has 0 unspecified atom stereocenters. The Morgan fingerprint density at radius 3 is 2.75 bits per heavy atom. The van der Waals surface area contributed by atoms with Gasteiger partial charge in [0.25, 0.3) is 0 Å². The molecule has 0 saturated heterocycles. The van der Waals surface area contributed by atoms with Crippen LogP contribution in [0.3, 0.4) is 0 Å². The summed E-state index contributed by atoms with van der Waals surface area (Å²) < 4.78 is 10.1. The molecule has 0 radical (unpaired) electrons. The molecule has 0 spiro atoms. The molecular formula is C11H16N2O3. The van der Waals surface area contributed by atoms with Crippen molar-refractivity contribution in [1.29, 1.82) is 0 Å². The predicted octanol–water partition coefficient (Wildman–Crippen LogP) is 2.37. The van der Waals surface area contributed by atoms with Gasteiger partial charge in [-0.05, 0) is 39.3 Å². The van der Waals surface area contributed by atoms with Crippen LogP contribution in [0.2, 0.25) is 0 Å². The Balaban J connectivity index is 2.70. The van der Waals surface area contributed by atoms with Crippen LogP contribution in [-0.2, 0) is 4.74 Å². The summed E-state index contributed by atoms with van der Waals surface area (Å²) >= 11 is 0. The quantitative estimate of drug-likeness (QED) is 0.633. The fraction of sp³-hybridized carbons (Fsp3) is 0.455. The van der Waals surface area contributed by atoms with E-state index in [0.29, 0.717) is 18.1 Å². The van der Waals surface area contributed by atoms with E-state index in [4.69, 9.17) is 4.42 Å². The van der Waals surface area contributed by atoms with Crippen molar-refractivity contribution in [3.05, 3.63) is 23.2 Å². The first-order valence-corrected chi connectivity index (χ1v) is 5.09. The molecular weight excluding hydrogens is 208 g/mol. The molecule has 1 N–H and O–H groups in total. The molecule has 0 saturated carbocycles. The summed E-state index contributed by atoms with van der Waals surface area (Å²) in [5, 5.41) is 3.89. The van der Waals surface area contributed by atoms with Crippen LogP contribution >= 0.6 is 0 Å². The SMILES string of the molecule is CCOC(=O)N/N=C(/C)c1oc(C)cc1C. The van der Waals surface area contributed by atoms with Crippen LogP contribution in [0.1, 0.15) is 30.9 Å². The number of aryl methyl sites for hydroxylation is 2. The zero-order chi connectivity index (χ0) is 12.1. The predicted molar refractivity (Wildman–Crippen MR) is 60.6 cm³/mol. The van der Waals surface area contributed by atoms with E-state index in [9.17, 15) is 4.79 Å². The normalized spacial score (nSPS) is 11.4. The number of carbonyl (C=O) groups is 1. The van der Waals surface area contributed by atoms with Crippen LogP contribution < -0.4 is 5.43 Å². The van der Waals surface area contributed by atoms with E-state index in [1.165, 1.54) is 0 Å². The Labute approximate surface area is 94.5 Å². The topological polar surface area (TPSA) is 63.8 Å². The van der Waals surface area contributed by atoms with Gasteiger partial charge >= 0.3 is 6.09 Å². The van der Waals surface area contributed by atoms with Crippen molar-refractivity contribution in [2.45, 2.75) is 27.7 Å². The Morgan fingerprint density at radius 1 is 1.56 bits per heavy atom. The third-order valence-corrected chi connectivity index (χ3v) is 1.96. The van der Waals surface area contributed by atoms with E-state index in [2.05, 4.69) is 15.3 Å². The first-order valence-electron chi connectivity index (χ1n) is 5.09. The van der Waals surface area contributed by atoms with Gasteiger partial charge in [-0.1, -0.05) is 0 Å². The average molecular weight is 224 g/mol. The second-order valence-electron chi connectivity index (χ2n) is 3.40. The molecule has 0 aliphatic heterocycles. The number of hydrogen-bond acceptors (Lipinski definition) is 4. The molecule has 88 valence electrons. The van der Waals surface area contributed by atoms with E-state index in [1.807, 2.05) is 19.9 Å². The fourth-order valence-corrected chi connectivity index (χ4v) is 1.34. The highest BCUT2D eigenvalue weighted by atomic mass is 16.5. The van der Waals surface area contributed by atoms with Gasteiger partial charge in [0.1, 0.15) is 11.5 Å². The van der Waals surface area contributed by atoms with Crippen LogP contribution in [-0.4, -0.2) is 18.4 Å². The molecule has 1 aromatic heterocycles. The maximum atomic E-state index is 11.0. The smallest absolute Gasteiger partial charge is 0.427 e. The number of amides is 1. The van der Waals surface area contributed by atoms with E-state index >= 15 is 0 Å². The Morgan fingerprint density at radius 2 is 2.25 bits per heavy atom. The number of carbonyl (C=O) groups excluding carboxylic acids is 1. The number of hydrogen-bond donors (Lipinski definition) is 1. The van der Waals surface area contributed by atoms with Gasteiger partial charge in [0.05, 0.1) is 6.61 Å². The molecule has 1 heterocycles. The standard InChI is InChI=1S/C11H16N2O3/c1-5-15-11(14)13-12-9(4)10-7(2)6-8(3)16-10/h6H,5H2,1-4H3,(H,13,14)/b12-9-. The first kappa shape index (κ1) is 12.3. The van der Waals surface area contributed by atoms with Gasteiger partial charge in [0.2, 0.25) is 0 Å². The average Bonchev–Trinajstić information content (AvgIpc) is 2.55. The zero-order valence-corrected chi connectivity index (χ0v) is 9.96. The summed E-state index contributed by atoms with van der Waals surface area (Å²) in [6.07, 6.45) is -0.567. The van der Waals surface area contributed by atoms with Crippen LogP contribution in [0, 0.1) is 13.8 Å². The lowest BCUT2D eigenvalue weighted by atomic mass is 10.2. The van der Waals surface area contributed by atoms with Crippen LogP contribution in [0.5, 0.6) is 0 Å². The molecule has 5 heteroatoms. The summed E-state index contributed by atoms with van der Waals surface area (Å²) in [5.74, 6) is 1.49. The number of nitrogens with zero attached hydrogens (tertiary/aromatic N) is 1. The molecule has 5 nitrogen and oxygen atoms in total. The molecule has 1 amide bonds.